The summed E-state index contributed by atoms with van der Waals surface area (Å²) >= 11 is 0. The number of carbonyl (C=O) groups excluding carboxylic acids is 2. The highest BCUT2D eigenvalue weighted by molar-refractivity contribution is 5.95. The number of ether oxygens (including phenoxy) is 1. The molecule has 1 saturated heterocycles. The van der Waals surface area contributed by atoms with E-state index in [1.807, 2.05) is 19.1 Å². The van der Waals surface area contributed by atoms with Gasteiger partial charge in [-0.15, -0.1) is 6.58 Å². The van der Waals surface area contributed by atoms with E-state index >= 15 is 0 Å². The van der Waals surface area contributed by atoms with Crippen LogP contribution in [0.2, 0.25) is 0 Å². The van der Waals surface area contributed by atoms with E-state index in [1.54, 1.807) is 18.1 Å². The first-order valence-corrected chi connectivity index (χ1v) is 8.95. The SMILES string of the molecule is C=CCNC(=O)N1CCC(c2nc(C)ccc2C(=O)NCCOC)CC1. The van der Waals surface area contributed by atoms with Gasteiger partial charge >= 0.3 is 6.03 Å². The standard InChI is InChI=1S/C19H28N4O3/c1-4-9-21-19(25)23-11-7-15(8-12-23)17-16(6-5-14(2)22-17)18(24)20-10-13-26-3/h4-6,15H,1,7-13H2,2-3H3,(H,20,24)(H,21,25). The molecule has 0 unspecified atom stereocenters. The van der Waals surface area contributed by atoms with Crippen LogP contribution in [0.1, 0.15) is 40.5 Å². The zero-order chi connectivity index (χ0) is 18.9. The van der Waals surface area contributed by atoms with Crippen LogP contribution in [0.3, 0.4) is 0 Å². The smallest absolute Gasteiger partial charge is 0.317 e. The van der Waals surface area contributed by atoms with Crippen LogP contribution in [0, 0.1) is 6.92 Å². The lowest BCUT2D eigenvalue weighted by atomic mass is 9.90. The second kappa shape index (κ2) is 9.91. The highest BCUT2D eigenvalue weighted by atomic mass is 16.5. The maximum atomic E-state index is 12.5. The van der Waals surface area contributed by atoms with Crippen LogP contribution >= 0.6 is 0 Å². The number of hydrogen-bond acceptors (Lipinski definition) is 4. The summed E-state index contributed by atoms with van der Waals surface area (Å²) in [5, 5.41) is 5.66. The minimum absolute atomic E-state index is 0.0712. The number of piperidine rings is 1. The van der Waals surface area contributed by atoms with E-state index in [4.69, 9.17) is 4.74 Å². The summed E-state index contributed by atoms with van der Waals surface area (Å²) in [5.41, 5.74) is 2.33. The van der Waals surface area contributed by atoms with Gasteiger partial charge in [0.1, 0.15) is 0 Å². The topological polar surface area (TPSA) is 83.6 Å². The number of aryl methyl sites for hydroxylation is 1. The molecule has 1 aromatic rings. The molecule has 0 aromatic carbocycles. The number of nitrogens with one attached hydrogen (secondary N) is 2. The highest BCUT2D eigenvalue weighted by Gasteiger charge is 2.27. The molecule has 0 aliphatic carbocycles. The Kier molecular flexibility index (Phi) is 7.59. The quantitative estimate of drug-likeness (QED) is 0.574. The molecule has 2 heterocycles. The monoisotopic (exact) mass is 360 g/mol. The summed E-state index contributed by atoms with van der Waals surface area (Å²) in [4.78, 5) is 31.0. The molecule has 1 aliphatic rings. The average molecular weight is 360 g/mol. The van der Waals surface area contributed by atoms with Gasteiger partial charge in [-0.1, -0.05) is 6.08 Å². The van der Waals surface area contributed by atoms with E-state index < -0.39 is 0 Å². The minimum Gasteiger partial charge on any atom is -0.383 e. The fourth-order valence-corrected chi connectivity index (χ4v) is 3.07. The Labute approximate surface area is 154 Å². The average Bonchev–Trinajstić information content (AvgIpc) is 2.66. The number of likely N-dealkylation sites (tertiary alicyclic amines) is 1. The molecule has 0 saturated carbocycles. The normalized spacial score (nSPS) is 14.8. The number of amides is 3. The fraction of sp³-hybridized carbons (Fsp3) is 0.526. The molecule has 26 heavy (non-hydrogen) atoms. The largest absolute Gasteiger partial charge is 0.383 e. The summed E-state index contributed by atoms with van der Waals surface area (Å²) in [7, 11) is 1.60. The van der Waals surface area contributed by atoms with Crippen LogP contribution in [0.5, 0.6) is 0 Å². The number of rotatable bonds is 7. The molecule has 3 amide bonds. The summed E-state index contributed by atoms with van der Waals surface area (Å²) in [6.07, 6.45) is 3.24. The van der Waals surface area contributed by atoms with Crippen molar-refractivity contribution in [3.8, 4) is 0 Å². The molecular weight excluding hydrogens is 332 g/mol. The van der Waals surface area contributed by atoms with Crippen LogP contribution < -0.4 is 10.6 Å². The molecule has 2 N–H and O–H groups in total. The fourth-order valence-electron chi connectivity index (χ4n) is 3.07. The number of hydrogen-bond donors (Lipinski definition) is 2. The molecular formula is C19H28N4O3. The number of urea groups is 1. The third-order valence-electron chi connectivity index (χ3n) is 4.47. The Morgan fingerprint density at radius 3 is 2.73 bits per heavy atom. The zero-order valence-corrected chi connectivity index (χ0v) is 15.6. The van der Waals surface area contributed by atoms with Crippen molar-refractivity contribution in [2.24, 2.45) is 0 Å². The van der Waals surface area contributed by atoms with Gasteiger partial charge in [0.25, 0.3) is 5.91 Å². The van der Waals surface area contributed by atoms with Crippen molar-refractivity contribution >= 4 is 11.9 Å². The van der Waals surface area contributed by atoms with E-state index in [0.717, 1.165) is 24.2 Å². The number of carbonyl (C=O) groups is 2. The summed E-state index contributed by atoms with van der Waals surface area (Å²) in [5.74, 6) is 0.0391. The first-order chi connectivity index (χ1) is 12.6. The number of nitrogens with zero attached hydrogens (tertiary/aromatic N) is 2. The lowest BCUT2D eigenvalue weighted by Crippen LogP contribution is -2.44. The predicted octanol–water partition coefficient (Wildman–Crippen LogP) is 1.84. The lowest BCUT2D eigenvalue weighted by molar-refractivity contribution is 0.0934. The predicted molar refractivity (Wildman–Crippen MR) is 100 cm³/mol. The number of methoxy groups -OCH3 is 1. The van der Waals surface area contributed by atoms with Crippen LogP contribution in [-0.2, 0) is 4.74 Å². The van der Waals surface area contributed by atoms with Gasteiger partial charge in [0.2, 0.25) is 0 Å². The molecule has 142 valence electrons. The van der Waals surface area contributed by atoms with Gasteiger partial charge in [-0.25, -0.2) is 4.79 Å². The van der Waals surface area contributed by atoms with Gasteiger partial charge < -0.3 is 20.3 Å². The second-order valence-electron chi connectivity index (χ2n) is 6.37. The molecule has 7 nitrogen and oxygen atoms in total. The first kappa shape index (κ1) is 19.9. The van der Waals surface area contributed by atoms with Crippen molar-refractivity contribution in [2.45, 2.75) is 25.7 Å². The third kappa shape index (κ3) is 5.29. The molecule has 7 heteroatoms. The Bertz CT molecular complexity index is 640. The van der Waals surface area contributed by atoms with E-state index in [0.29, 0.717) is 38.3 Å². The molecule has 0 bridgehead atoms. The molecule has 1 aromatic heterocycles. The van der Waals surface area contributed by atoms with E-state index in [-0.39, 0.29) is 17.9 Å². The molecule has 0 spiro atoms. The van der Waals surface area contributed by atoms with Crippen molar-refractivity contribution in [3.05, 3.63) is 41.7 Å². The van der Waals surface area contributed by atoms with Crippen molar-refractivity contribution in [1.82, 2.24) is 20.5 Å². The van der Waals surface area contributed by atoms with Gasteiger partial charge in [0.15, 0.2) is 0 Å². The van der Waals surface area contributed by atoms with Crippen LogP contribution in [0.25, 0.3) is 0 Å². The Morgan fingerprint density at radius 2 is 2.08 bits per heavy atom. The summed E-state index contributed by atoms with van der Waals surface area (Å²) in [6, 6.07) is 3.62. The number of aromatic nitrogens is 1. The number of pyridine rings is 1. The van der Waals surface area contributed by atoms with Gasteiger partial charge in [-0.05, 0) is 31.9 Å². The van der Waals surface area contributed by atoms with E-state index in [9.17, 15) is 9.59 Å². The van der Waals surface area contributed by atoms with Crippen LogP contribution in [0.4, 0.5) is 4.79 Å². The minimum atomic E-state index is -0.129. The summed E-state index contributed by atoms with van der Waals surface area (Å²) < 4.78 is 4.98. The maximum Gasteiger partial charge on any atom is 0.317 e. The summed E-state index contributed by atoms with van der Waals surface area (Å²) in [6.45, 7) is 8.22. The van der Waals surface area contributed by atoms with Crippen molar-refractivity contribution < 1.29 is 14.3 Å². The van der Waals surface area contributed by atoms with Gasteiger partial charge in [-0.2, -0.15) is 0 Å². The molecule has 0 atom stereocenters. The highest BCUT2D eigenvalue weighted by Crippen LogP contribution is 2.29. The lowest BCUT2D eigenvalue weighted by Gasteiger charge is -2.32. The van der Waals surface area contributed by atoms with E-state index in [2.05, 4.69) is 22.2 Å². The zero-order valence-electron chi connectivity index (χ0n) is 15.6. The van der Waals surface area contributed by atoms with Crippen molar-refractivity contribution in [3.63, 3.8) is 0 Å². The Hall–Kier alpha value is -2.41. The third-order valence-corrected chi connectivity index (χ3v) is 4.47. The van der Waals surface area contributed by atoms with Gasteiger partial charge in [0.05, 0.1) is 17.9 Å². The maximum absolute atomic E-state index is 12.5. The Balaban J connectivity index is 2.04. The molecule has 0 radical (unpaired) electrons. The van der Waals surface area contributed by atoms with Crippen LogP contribution in [-0.4, -0.2) is 61.7 Å². The van der Waals surface area contributed by atoms with Crippen molar-refractivity contribution in [2.75, 3.05) is 39.9 Å². The van der Waals surface area contributed by atoms with Crippen LogP contribution in [0.15, 0.2) is 24.8 Å². The van der Waals surface area contributed by atoms with E-state index in [1.165, 1.54) is 0 Å². The molecule has 1 fully saturated rings. The Morgan fingerprint density at radius 1 is 1.35 bits per heavy atom. The second-order valence-corrected chi connectivity index (χ2v) is 6.37. The van der Waals surface area contributed by atoms with Gasteiger partial charge in [-0.3, -0.25) is 9.78 Å². The first-order valence-electron chi connectivity index (χ1n) is 8.95. The molecule has 1 aliphatic heterocycles. The molecule has 2 rings (SSSR count). The van der Waals surface area contributed by atoms with Crippen molar-refractivity contribution in [1.29, 1.82) is 0 Å². The van der Waals surface area contributed by atoms with Gasteiger partial charge in [0, 0.05) is 44.9 Å².